The normalized spacial score (nSPS) is 10.7. The molecule has 3 rings (SSSR count). The predicted molar refractivity (Wildman–Crippen MR) is 89.0 cm³/mol. The second-order valence-electron chi connectivity index (χ2n) is 4.83. The molecule has 2 aromatic carbocycles. The molecular formula is C16H16Cl2N4. The Kier molecular flexibility index (Phi) is 5.52. The van der Waals surface area contributed by atoms with Gasteiger partial charge in [-0.3, -0.25) is 0 Å². The summed E-state index contributed by atoms with van der Waals surface area (Å²) in [5, 5.41) is 13.3. The summed E-state index contributed by atoms with van der Waals surface area (Å²) < 4.78 is -1.26. The number of alkyl halides is 2. The van der Waals surface area contributed by atoms with Crippen molar-refractivity contribution in [3.8, 4) is 0 Å². The fourth-order valence-electron chi connectivity index (χ4n) is 1.80. The zero-order chi connectivity index (χ0) is 16.0. The number of nitrogens with one attached hydrogen (secondary N) is 1. The number of tetrazole rings is 1. The van der Waals surface area contributed by atoms with Crippen molar-refractivity contribution in [1.29, 1.82) is 0 Å². The Morgan fingerprint density at radius 3 is 2.09 bits per heavy atom. The van der Waals surface area contributed by atoms with E-state index in [1.807, 2.05) is 49.4 Å². The molecule has 1 aromatic heterocycles. The Labute approximate surface area is 139 Å². The number of rotatable bonds is 2. The van der Waals surface area contributed by atoms with Crippen molar-refractivity contribution in [1.82, 2.24) is 20.6 Å². The summed E-state index contributed by atoms with van der Waals surface area (Å²) in [6.45, 7) is 4.05. The molecule has 0 amide bonds. The van der Waals surface area contributed by atoms with Crippen LogP contribution in [-0.4, -0.2) is 20.6 Å². The zero-order valence-corrected chi connectivity index (χ0v) is 13.8. The van der Waals surface area contributed by atoms with Gasteiger partial charge in [-0.25, -0.2) is 0 Å². The molecule has 0 aliphatic rings. The van der Waals surface area contributed by atoms with Crippen LogP contribution in [-0.2, 0) is 4.33 Å². The highest BCUT2D eigenvalue weighted by Gasteiger charge is 2.33. The number of halogens is 2. The van der Waals surface area contributed by atoms with Crippen LogP contribution in [0, 0.1) is 13.8 Å². The number of H-pyrrole nitrogens is 1. The number of aromatic amines is 1. The number of hydrogen-bond acceptors (Lipinski definition) is 3. The van der Waals surface area contributed by atoms with Crippen LogP contribution in [0.5, 0.6) is 0 Å². The standard InChI is InChI=1S/C9H8Cl2N4.C7H8/c1-6-3-2-4-7(5-6)9(10,11)8-12-14-15-13-8;1-7-5-3-2-4-6-7/h2-5H,1H3,(H,12,13,14,15);2-6H,1H3. The van der Waals surface area contributed by atoms with Gasteiger partial charge in [-0.15, -0.1) is 10.2 Å². The smallest absolute Gasteiger partial charge is 0.177 e. The molecule has 22 heavy (non-hydrogen) atoms. The highest BCUT2D eigenvalue weighted by Crippen LogP contribution is 2.38. The lowest BCUT2D eigenvalue weighted by atomic mass is 10.1. The molecule has 0 fully saturated rings. The molecule has 1 heterocycles. The first-order chi connectivity index (χ1) is 10.5. The van der Waals surface area contributed by atoms with Crippen LogP contribution in [0.1, 0.15) is 22.5 Å². The van der Waals surface area contributed by atoms with Gasteiger partial charge in [0.25, 0.3) is 0 Å². The molecule has 4 nitrogen and oxygen atoms in total. The molecule has 0 saturated carbocycles. The third kappa shape index (κ3) is 4.29. The lowest BCUT2D eigenvalue weighted by molar-refractivity contribution is 0.881. The molecule has 6 heteroatoms. The Balaban J connectivity index is 0.000000211. The fraction of sp³-hybridized carbons (Fsp3) is 0.188. The maximum Gasteiger partial charge on any atom is 0.215 e. The third-order valence-electron chi connectivity index (χ3n) is 2.95. The molecule has 0 aliphatic carbocycles. The van der Waals surface area contributed by atoms with Crippen molar-refractivity contribution in [3.05, 3.63) is 77.1 Å². The Morgan fingerprint density at radius 2 is 1.59 bits per heavy atom. The van der Waals surface area contributed by atoms with Crippen molar-refractivity contribution in [3.63, 3.8) is 0 Å². The minimum atomic E-state index is -1.26. The van der Waals surface area contributed by atoms with Gasteiger partial charge < -0.3 is 0 Å². The van der Waals surface area contributed by atoms with Crippen molar-refractivity contribution in [2.45, 2.75) is 18.2 Å². The molecule has 0 aliphatic heterocycles. The summed E-state index contributed by atoms with van der Waals surface area (Å²) in [6, 6.07) is 17.8. The van der Waals surface area contributed by atoms with Crippen LogP contribution in [0.3, 0.4) is 0 Å². The van der Waals surface area contributed by atoms with E-state index < -0.39 is 4.33 Å². The molecule has 0 spiro atoms. The van der Waals surface area contributed by atoms with Crippen LogP contribution in [0.15, 0.2) is 54.6 Å². The van der Waals surface area contributed by atoms with Crippen LogP contribution in [0.2, 0.25) is 0 Å². The van der Waals surface area contributed by atoms with E-state index in [2.05, 4.69) is 39.7 Å². The average Bonchev–Trinajstić information content (AvgIpc) is 3.04. The molecular weight excluding hydrogens is 319 g/mol. The van der Waals surface area contributed by atoms with E-state index in [-0.39, 0.29) is 5.82 Å². The Hall–Kier alpha value is -1.91. The molecule has 3 aromatic rings. The van der Waals surface area contributed by atoms with Gasteiger partial charge in [0.15, 0.2) is 0 Å². The van der Waals surface area contributed by atoms with Crippen molar-refractivity contribution in [2.75, 3.05) is 0 Å². The Morgan fingerprint density at radius 1 is 0.909 bits per heavy atom. The molecule has 0 unspecified atom stereocenters. The Bertz CT molecular complexity index is 697. The summed E-state index contributed by atoms with van der Waals surface area (Å²) in [7, 11) is 0. The monoisotopic (exact) mass is 334 g/mol. The fourth-order valence-corrected chi connectivity index (χ4v) is 2.19. The molecule has 0 radical (unpaired) electrons. The SMILES string of the molecule is Cc1cccc(C(Cl)(Cl)c2nn[nH]n2)c1.Cc1ccccc1. The number of benzene rings is 2. The molecule has 114 valence electrons. The summed E-state index contributed by atoms with van der Waals surface area (Å²) in [4.78, 5) is 0. The van der Waals surface area contributed by atoms with Gasteiger partial charge in [0, 0.05) is 0 Å². The maximum absolute atomic E-state index is 6.18. The minimum Gasteiger partial charge on any atom is -0.177 e. The maximum atomic E-state index is 6.18. The van der Waals surface area contributed by atoms with Crippen LogP contribution in [0.25, 0.3) is 0 Å². The lowest BCUT2D eigenvalue weighted by Gasteiger charge is -2.15. The van der Waals surface area contributed by atoms with E-state index in [4.69, 9.17) is 23.2 Å². The first kappa shape index (κ1) is 16.5. The third-order valence-corrected chi connectivity index (χ3v) is 3.72. The van der Waals surface area contributed by atoms with Crippen LogP contribution < -0.4 is 0 Å². The number of nitrogens with zero attached hydrogens (tertiary/aromatic N) is 3. The second kappa shape index (κ2) is 7.38. The van der Waals surface area contributed by atoms with Crippen molar-refractivity contribution >= 4 is 23.2 Å². The van der Waals surface area contributed by atoms with Gasteiger partial charge in [-0.05, 0) is 19.4 Å². The zero-order valence-electron chi connectivity index (χ0n) is 12.3. The largest absolute Gasteiger partial charge is 0.215 e. The number of aryl methyl sites for hydroxylation is 2. The van der Waals surface area contributed by atoms with Crippen molar-refractivity contribution in [2.24, 2.45) is 0 Å². The topological polar surface area (TPSA) is 54.5 Å². The minimum absolute atomic E-state index is 0.247. The van der Waals surface area contributed by atoms with Gasteiger partial charge in [0.2, 0.25) is 10.2 Å². The first-order valence-electron chi connectivity index (χ1n) is 6.70. The summed E-state index contributed by atoms with van der Waals surface area (Å²) in [5.41, 5.74) is 3.12. The van der Waals surface area contributed by atoms with E-state index in [1.54, 1.807) is 0 Å². The average molecular weight is 335 g/mol. The van der Waals surface area contributed by atoms with Crippen LogP contribution in [0.4, 0.5) is 0 Å². The van der Waals surface area contributed by atoms with Gasteiger partial charge in [-0.1, -0.05) is 94.1 Å². The molecule has 0 saturated heterocycles. The highest BCUT2D eigenvalue weighted by molar-refractivity contribution is 6.49. The molecule has 1 N–H and O–H groups in total. The van der Waals surface area contributed by atoms with Gasteiger partial charge in [-0.2, -0.15) is 5.21 Å². The highest BCUT2D eigenvalue weighted by atomic mass is 35.5. The van der Waals surface area contributed by atoms with Crippen LogP contribution >= 0.6 is 23.2 Å². The van der Waals surface area contributed by atoms with E-state index in [0.29, 0.717) is 0 Å². The lowest BCUT2D eigenvalue weighted by Crippen LogP contribution is -2.14. The number of hydrogen-bond donors (Lipinski definition) is 1. The van der Waals surface area contributed by atoms with Gasteiger partial charge in [0.05, 0.1) is 0 Å². The van der Waals surface area contributed by atoms with E-state index >= 15 is 0 Å². The summed E-state index contributed by atoms with van der Waals surface area (Å²) in [6.07, 6.45) is 0. The first-order valence-corrected chi connectivity index (χ1v) is 7.46. The molecule has 0 bridgehead atoms. The number of aromatic nitrogens is 4. The second-order valence-corrected chi connectivity index (χ2v) is 6.16. The summed E-state index contributed by atoms with van der Waals surface area (Å²) >= 11 is 12.4. The van der Waals surface area contributed by atoms with Crippen molar-refractivity contribution < 1.29 is 0 Å². The van der Waals surface area contributed by atoms with Gasteiger partial charge in [0.1, 0.15) is 0 Å². The van der Waals surface area contributed by atoms with Gasteiger partial charge >= 0.3 is 0 Å². The summed E-state index contributed by atoms with van der Waals surface area (Å²) in [5.74, 6) is 0.247. The predicted octanol–water partition coefficient (Wildman–Crippen LogP) is 4.18. The van der Waals surface area contributed by atoms with E-state index in [0.717, 1.165) is 11.1 Å². The van der Waals surface area contributed by atoms with E-state index in [1.165, 1.54) is 5.56 Å². The quantitative estimate of drug-likeness (QED) is 0.715. The van der Waals surface area contributed by atoms with E-state index in [9.17, 15) is 0 Å². The molecule has 0 atom stereocenters.